The van der Waals surface area contributed by atoms with E-state index in [0.29, 0.717) is 0 Å². The summed E-state index contributed by atoms with van der Waals surface area (Å²) in [6, 6.07) is 0. The highest BCUT2D eigenvalue weighted by molar-refractivity contribution is 5.75. The number of rotatable bonds is 1. The zero-order chi connectivity index (χ0) is 4.83. The largest absolute Gasteiger partial charge is 0.399 e. The van der Waals surface area contributed by atoms with Gasteiger partial charge in [0.05, 0.1) is 0 Å². The van der Waals surface area contributed by atoms with Crippen molar-refractivity contribution in [1.82, 2.24) is 0 Å². The topological polar surface area (TPSA) is 21.6 Å². The highest BCUT2D eigenvalue weighted by Crippen LogP contribution is 1.57. The summed E-state index contributed by atoms with van der Waals surface area (Å²) in [7, 11) is 1.41. The van der Waals surface area contributed by atoms with E-state index in [9.17, 15) is 0 Å². The van der Waals surface area contributed by atoms with Gasteiger partial charge in [0.25, 0.3) is 0 Å². The zero-order valence-corrected chi connectivity index (χ0v) is 3.43. The van der Waals surface area contributed by atoms with Gasteiger partial charge in [0.1, 0.15) is 13.3 Å². The van der Waals surface area contributed by atoms with Gasteiger partial charge < -0.3 is 4.84 Å². The van der Waals surface area contributed by atoms with Crippen molar-refractivity contribution in [3.05, 3.63) is 6.42 Å². The molecule has 0 bridgehead atoms. The van der Waals surface area contributed by atoms with Crippen LogP contribution in [0.2, 0.25) is 0 Å². The van der Waals surface area contributed by atoms with Crippen molar-refractivity contribution < 1.29 is 4.84 Å². The number of hydrogen-bond donors (Lipinski definition) is 0. The maximum atomic E-state index is 6.23. The average Bonchev–Trinajstić information content (AvgIpc) is 1.61. The summed E-state index contributed by atoms with van der Waals surface area (Å²) in [6.45, 7) is 0. The molecular weight excluding hydrogens is 78.0 g/mol. The Balaban J connectivity index is 3.02. The van der Waals surface area contributed by atoms with Crippen LogP contribution >= 0.6 is 0 Å². The fourth-order valence-electron chi connectivity index (χ4n) is 0.0791. The van der Waals surface area contributed by atoms with E-state index in [4.69, 9.17) is 6.42 Å². The van der Waals surface area contributed by atoms with E-state index in [1.54, 1.807) is 0 Å². The van der Waals surface area contributed by atoms with Gasteiger partial charge in [-0.05, 0) is 12.3 Å². The molecule has 0 aliphatic heterocycles. The predicted molar refractivity (Wildman–Crippen MR) is 22.6 cm³/mol. The summed E-state index contributed by atoms with van der Waals surface area (Å²) >= 11 is 0. The van der Waals surface area contributed by atoms with E-state index < -0.39 is 0 Å². The number of oxime groups is 1. The van der Waals surface area contributed by atoms with Crippen LogP contribution in [-0.2, 0) is 4.84 Å². The highest BCUT2D eigenvalue weighted by atomic mass is 16.6. The Kier molecular flexibility index (Phi) is 3.38. The van der Waals surface area contributed by atoms with Crippen molar-refractivity contribution in [2.75, 3.05) is 7.11 Å². The zero-order valence-electron chi connectivity index (χ0n) is 3.43. The third kappa shape index (κ3) is 3.03. The SMILES string of the molecule is [C]#CC=NOC. The van der Waals surface area contributed by atoms with Gasteiger partial charge in [-0.25, -0.2) is 0 Å². The van der Waals surface area contributed by atoms with Crippen molar-refractivity contribution in [2.45, 2.75) is 0 Å². The molecule has 31 valence electrons. The fraction of sp³-hybridized carbons (Fsp3) is 0.250. The van der Waals surface area contributed by atoms with Crippen LogP contribution < -0.4 is 0 Å². The van der Waals surface area contributed by atoms with Gasteiger partial charge >= 0.3 is 0 Å². The molecule has 0 atom stereocenters. The Labute approximate surface area is 36.8 Å². The molecule has 0 amide bonds. The van der Waals surface area contributed by atoms with Crippen molar-refractivity contribution in [2.24, 2.45) is 5.16 Å². The summed E-state index contributed by atoms with van der Waals surface area (Å²) in [5, 5.41) is 3.17. The highest BCUT2D eigenvalue weighted by Gasteiger charge is 1.52. The molecule has 6 heavy (non-hydrogen) atoms. The lowest BCUT2D eigenvalue weighted by Crippen LogP contribution is -1.65. The van der Waals surface area contributed by atoms with Crippen LogP contribution in [0.25, 0.3) is 0 Å². The molecule has 0 fully saturated rings. The molecule has 0 spiro atoms. The maximum absolute atomic E-state index is 6.23. The molecule has 0 unspecified atom stereocenters. The van der Waals surface area contributed by atoms with Gasteiger partial charge in [-0.15, -0.1) is 0 Å². The third-order valence-electron chi connectivity index (χ3n) is 0.223. The minimum Gasteiger partial charge on any atom is -0.399 e. The van der Waals surface area contributed by atoms with Crippen LogP contribution in [0.3, 0.4) is 0 Å². The lowest BCUT2D eigenvalue weighted by molar-refractivity contribution is 0.216. The van der Waals surface area contributed by atoms with E-state index >= 15 is 0 Å². The minimum atomic E-state index is 1.12. The lowest BCUT2D eigenvalue weighted by Gasteiger charge is -1.74. The maximum Gasteiger partial charge on any atom is 0.117 e. The molecule has 0 saturated heterocycles. The first-order valence-electron chi connectivity index (χ1n) is 1.39. The monoisotopic (exact) mass is 82.0 g/mol. The lowest BCUT2D eigenvalue weighted by atomic mass is 10.8. The van der Waals surface area contributed by atoms with Gasteiger partial charge in [-0.1, -0.05) is 5.16 Å². The smallest absolute Gasteiger partial charge is 0.117 e. The summed E-state index contributed by atoms with van der Waals surface area (Å²) in [5.74, 6) is 1.90. The van der Waals surface area contributed by atoms with Crippen molar-refractivity contribution in [3.8, 4) is 5.92 Å². The molecular formula is C4H4NO. The van der Waals surface area contributed by atoms with Crippen LogP contribution in [-0.4, -0.2) is 13.3 Å². The Morgan fingerprint density at radius 2 is 2.67 bits per heavy atom. The summed E-state index contributed by atoms with van der Waals surface area (Å²) in [6.07, 6.45) is 7.35. The van der Waals surface area contributed by atoms with Gasteiger partial charge in [0.15, 0.2) is 0 Å². The van der Waals surface area contributed by atoms with Crippen molar-refractivity contribution >= 4 is 6.21 Å². The second-order valence-corrected chi connectivity index (χ2v) is 0.561. The first-order valence-corrected chi connectivity index (χ1v) is 1.39. The fourth-order valence-corrected chi connectivity index (χ4v) is 0.0791. The van der Waals surface area contributed by atoms with Gasteiger partial charge in [-0.2, -0.15) is 0 Å². The van der Waals surface area contributed by atoms with Crippen LogP contribution in [0.1, 0.15) is 0 Å². The molecule has 0 aromatic carbocycles. The van der Waals surface area contributed by atoms with E-state index in [1.165, 1.54) is 7.11 Å². The quantitative estimate of drug-likeness (QED) is 0.252. The molecule has 0 aromatic heterocycles. The second-order valence-electron chi connectivity index (χ2n) is 0.561. The Bertz CT molecular complexity index is 80.0. The van der Waals surface area contributed by atoms with E-state index in [-0.39, 0.29) is 0 Å². The summed E-state index contributed by atoms with van der Waals surface area (Å²) in [4.78, 5) is 4.17. The average molecular weight is 82.1 g/mol. The van der Waals surface area contributed by atoms with E-state index in [2.05, 4.69) is 9.99 Å². The van der Waals surface area contributed by atoms with Crippen LogP contribution in [0.15, 0.2) is 5.16 Å². The van der Waals surface area contributed by atoms with Crippen LogP contribution in [0.4, 0.5) is 0 Å². The predicted octanol–water partition coefficient (Wildman–Crippen LogP) is 0.208. The number of hydrogen-bond acceptors (Lipinski definition) is 2. The molecule has 2 nitrogen and oxygen atoms in total. The first-order chi connectivity index (χ1) is 2.91. The standard InChI is InChI=1S/C4H4NO/c1-3-4-5-6-2/h4H,2H3. The van der Waals surface area contributed by atoms with Crippen molar-refractivity contribution in [1.29, 1.82) is 0 Å². The normalized spacial score (nSPS) is 8.00. The van der Waals surface area contributed by atoms with Gasteiger partial charge in [0.2, 0.25) is 0 Å². The van der Waals surface area contributed by atoms with Gasteiger partial charge in [0, 0.05) is 0 Å². The molecule has 0 saturated carbocycles. The first kappa shape index (κ1) is 5.03. The summed E-state index contributed by atoms with van der Waals surface area (Å²) in [5.41, 5.74) is 0. The number of nitrogens with zero attached hydrogens (tertiary/aromatic N) is 1. The van der Waals surface area contributed by atoms with Gasteiger partial charge in [-0.3, -0.25) is 0 Å². The van der Waals surface area contributed by atoms with E-state index in [0.717, 1.165) is 6.21 Å². The Morgan fingerprint density at radius 3 is 2.83 bits per heavy atom. The molecule has 0 heterocycles. The molecule has 0 aromatic rings. The molecule has 0 N–H and O–H groups in total. The van der Waals surface area contributed by atoms with E-state index in [1.807, 2.05) is 5.92 Å². The molecule has 0 rings (SSSR count). The second kappa shape index (κ2) is 4.03. The molecule has 1 radical (unpaired) electrons. The Hall–Kier alpha value is -0.970. The minimum absolute atomic E-state index is 1.12. The van der Waals surface area contributed by atoms with Crippen LogP contribution in [0, 0.1) is 12.3 Å². The molecule has 2 heteroatoms. The summed E-state index contributed by atoms with van der Waals surface area (Å²) < 4.78 is 0. The molecule has 0 aliphatic carbocycles. The third-order valence-corrected chi connectivity index (χ3v) is 0.223. The van der Waals surface area contributed by atoms with Crippen molar-refractivity contribution in [3.63, 3.8) is 0 Å². The molecule has 0 aliphatic rings. The van der Waals surface area contributed by atoms with Crippen LogP contribution in [0.5, 0.6) is 0 Å². The Morgan fingerprint density at radius 1 is 2.00 bits per heavy atom.